The molecule has 0 aliphatic heterocycles. The Kier molecular flexibility index (Phi) is 28.5. The molecule has 0 radical (unpaired) electrons. The largest absolute Gasteiger partial charge is 1.00 e. The first kappa shape index (κ1) is 17.2. The summed E-state index contributed by atoms with van der Waals surface area (Å²) in [5.74, 6) is 0. The van der Waals surface area contributed by atoms with Crippen LogP contribution in [0.5, 0.6) is 0 Å². The zero-order valence-corrected chi connectivity index (χ0v) is 10.1. The quantitative estimate of drug-likeness (QED) is 0.452. The van der Waals surface area contributed by atoms with Gasteiger partial charge in [0, 0.05) is 0 Å². The molecule has 0 aromatic heterocycles. The van der Waals surface area contributed by atoms with Crippen LogP contribution in [0.15, 0.2) is 0 Å². The minimum absolute atomic E-state index is 0. The molecule has 1 nitrogen and oxygen atoms in total. The van der Waals surface area contributed by atoms with E-state index in [1.54, 1.807) is 0 Å². The van der Waals surface area contributed by atoms with Crippen LogP contribution < -0.4 is 34.7 Å². The van der Waals surface area contributed by atoms with Crippen LogP contribution in [0.1, 0.15) is 20.8 Å². The molecule has 3 heteroatoms. The Morgan fingerprint density at radius 3 is 1.10 bits per heavy atom. The summed E-state index contributed by atoms with van der Waals surface area (Å²) in [5, 5.41) is 8.25. The van der Waals surface area contributed by atoms with Gasteiger partial charge >= 0.3 is 29.6 Å². The first-order chi connectivity index (χ1) is 4.35. The maximum Gasteiger partial charge on any atom is 1.00 e. The third-order valence-electron chi connectivity index (χ3n) is 1.73. The van der Waals surface area contributed by atoms with Gasteiger partial charge in [0.1, 0.15) is 6.71 Å². The van der Waals surface area contributed by atoms with E-state index in [4.69, 9.17) is 5.11 Å². The second-order valence-corrected chi connectivity index (χ2v) is 2.09. The fraction of sp³-hybridized carbons (Fsp3) is 1.00. The van der Waals surface area contributed by atoms with Crippen LogP contribution in [-0.4, -0.2) is 13.8 Å². The summed E-state index contributed by atoms with van der Waals surface area (Å²) >= 11 is 0. The van der Waals surface area contributed by atoms with Crippen LogP contribution in [0.4, 0.5) is 0 Å². The topological polar surface area (TPSA) is 23.1 Å². The maximum atomic E-state index is 8.25. The molecule has 0 fully saturated rings. The first-order valence-corrected chi connectivity index (χ1v) is 3.75. The van der Waals surface area contributed by atoms with E-state index in [9.17, 15) is 0 Å². The second-order valence-electron chi connectivity index (χ2n) is 2.09. The van der Waals surface area contributed by atoms with Gasteiger partial charge in [-0.25, -0.2) is 0 Å². The van der Waals surface area contributed by atoms with Gasteiger partial charge in [0.05, 0.1) is 0 Å². The van der Waals surface area contributed by atoms with Crippen molar-refractivity contribution >= 4 is 6.71 Å². The summed E-state index contributed by atoms with van der Waals surface area (Å²) in [4.78, 5) is 0. The standard InChI is InChI=1S/C6H15B.CH3O.Na/c1-4-7(5-2)6-3;1-2;/h4-6H2,1-3H3;1H3;/q;-1;+1. The minimum Gasteiger partial charge on any atom is -0.857 e. The van der Waals surface area contributed by atoms with E-state index in [1.807, 2.05) is 0 Å². The number of rotatable bonds is 3. The van der Waals surface area contributed by atoms with E-state index >= 15 is 0 Å². The molecular weight excluding hydrogens is 134 g/mol. The third-order valence-corrected chi connectivity index (χ3v) is 1.73. The number of hydrogen-bond acceptors (Lipinski definition) is 1. The third kappa shape index (κ3) is 11.8. The molecule has 0 heterocycles. The van der Waals surface area contributed by atoms with Crippen LogP contribution in [0.3, 0.4) is 0 Å². The second kappa shape index (κ2) is 16.5. The van der Waals surface area contributed by atoms with Crippen LogP contribution >= 0.6 is 0 Å². The summed E-state index contributed by atoms with van der Waals surface area (Å²) in [6, 6.07) is 0. The minimum atomic E-state index is 0. The zero-order valence-electron chi connectivity index (χ0n) is 8.11. The first-order valence-electron chi connectivity index (χ1n) is 3.75. The van der Waals surface area contributed by atoms with Gasteiger partial charge in [-0.05, 0) is 0 Å². The SMILES string of the molecule is CCB(CC)CC.C[O-].[Na+]. The smallest absolute Gasteiger partial charge is 0.857 e. The molecule has 0 spiro atoms. The zero-order chi connectivity index (χ0) is 7.70. The summed E-state index contributed by atoms with van der Waals surface area (Å²) in [5.41, 5.74) is 0. The van der Waals surface area contributed by atoms with E-state index < -0.39 is 0 Å². The average Bonchev–Trinajstić information content (AvgIpc) is 1.96. The van der Waals surface area contributed by atoms with Crippen molar-refractivity contribution in [3.8, 4) is 0 Å². The van der Waals surface area contributed by atoms with Gasteiger partial charge in [-0.2, -0.15) is 7.11 Å². The molecule has 0 aliphatic rings. The van der Waals surface area contributed by atoms with Crippen LogP contribution in [0, 0.1) is 0 Å². The Morgan fingerprint density at radius 1 is 0.900 bits per heavy atom. The predicted octanol–water partition coefficient (Wildman–Crippen LogP) is -1.48. The molecule has 0 aliphatic carbocycles. The van der Waals surface area contributed by atoms with Gasteiger partial charge in [-0.3, -0.25) is 0 Å². The molecule has 0 saturated heterocycles. The van der Waals surface area contributed by atoms with Gasteiger partial charge in [0.15, 0.2) is 0 Å². The molecule has 0 rings (SSSR count). The summed E-state index contributed by atoms with van der Waals surface area (Å²) in [6.45, 7) is 7.77. The average molecular weight is 152 g/mol. The van der Waals surface area contributed by atoms with Crippen molar-refractivity contribution in [2.45, 2.75) is 39.7 Å². The van der Waals surface area contributed by atoms with Gasteiger partial charge in [0.2, 0.25) is 0 Å². The Bertz CT molecular complexity index is 35.1. The van der Waals surface area contributed by atoms with Crippen molar-refractivity contribution in [2.24, 2.45) is 0 Å². The van der Waals surface area contributed by atoms with Gasteiger partial charge in [0.25, 0.3) is 0 Å². The fourth-order valence-electron chi connectivity index (χ4n) is 0.866. The van der Waals surface area contributed by atoms with Gasteiger partial charge in [-0.1, -0.05) is 39.7 Å². The Balaban J connectivity index is -0.000000149. The maximum absolute atomic E-state index is 8.25. The molecule has 0 aromatic carbocycles. The molecule has 0 bridgehead atoms. The Hall–Kier alpha value is 1.02. The fourth-order valence-corrected chi connectivity index (χ4v) is 0.866. The molecular formula is C7H18BNaO. The Morgan fingerprint density at radius 2 is 1.10 bits per heavy atom. The summed E-state index contributed by atoms with van der Waals surface area (Å²) in [7, 11) is 0.750. The Labute approximate surface area is 88.0 Å². The summed E-state index contributed by atoms with van der Waals surface area (Å²) < 4.78 is 0. The van der Waals surface area contributed by atoms with Crippen LogP contribution in [0.2, 0.25) is 19.0 Å². The molecule has 0 unspecified atom stereocenters. The van der Waals surface area contributed by atoms with Crippen molar-refractivity contribution < 1.29 is 34.7 Å². The number of hydrogen-bond donors (Lipinski definition) is 0. The summed E-state index contributed by atoms with van der Waals surface area (Å²) in [6.07, 6.45) is 4.06. The normalized spacial score (nSPS) is 6.90. The van der Waals surface area contributed by atoms with Crippen LogP contribution in [-0.2, 0) is 0 Å². The van der Waals surface area contributed by atoms with E-state index in [-0.39, 0.29) is 29.6 Å². The monoisotopic (exact) mass is 152 g/mol. The molecule has 0 atom stereocenters. The molecule has 0 saturated carbocycles. The van der Waals surface area contributed by atoms with Gasteiger partial charge < -0.3 is 5.11 Å². The molecule has 10 heavy (non-hydrogen) atoms. The molecule has 0 aromatic rings. The predicted molar refractivity (Wildman–Crippen MR) is 43.1 cm³/mol. The van der Waals surface area contributed by atoms with E-state index in [0.717, 1.165) is 13.8 Å². The molecule has 0 N–H and O–H groups in total. The van der Waals surface area contributed by atoms with Crippen LogP contribution in [0.25, 0.3) is 0 Å². The van der Waals surface area contributed by atoms with Gasteiger partial charge in [-0.15, -0.1) is 0 Å². The molecule has 0 amide bonds. The van der Waals surface area contributed by atoms with E-state index in [0.29, 0.717) is 0 Å². The van der Waals surface area contributed by atoms with Crippen molar-refractivity contribution in [1.29, 1.82) is 0 Å². The van der Waals surface area contributed by atoms with E-state index in [1.165, 1.54) is 19.0 Å². The van der Waals surface area contributed by atoms with E-state index in [2.05, 4.69) is 20.8 Å². The van der Waals surface area contributed by atoms with Crippen molar-refractivity contribution in [2.75, 3.05) is 7.11 Å². The molecule has 56 valence electrons. The van der Waals surface area contributed by atoms with Crippen molar-refractivity contribution in [3.05, 3.63) is 0 Å². The van der Waals surface area contributed by atoms with Crippen molar-refractivity contribution in [1.82, 2.24) is 0 Å². The van der Waals surface area contributed by atoms with Crippen molar-refractivity contribution in [3.63, 3.8) is 0 Å².